The van der Waals surface area contributed by atoms with E-state index >= 15 is 0 Å². The molecule has 1 aromatic rings. The van der Waals surface area contributed by atoms with Crippen molar-refractivity contribution in [2.45, 2.75) is 13.8 Å². The zero-order chi connectivity index (χ0) is 12.3. The fourth-order valence-electron chi connectivity index (χ4n) is 0.953. The summed E-state index contributed by atoms with van der Waals surface area (Å²) < 4.78 is 18.1. The number of nitrogens with two attached hydrogens (primary N) is 1. The van der Waals surface area contributed by atoms with Gasteiger partial charge in [0.2, 0.25) is 0 Å². The summed E-state index contributed by atoms with van der Waals surface area (Å²) in [5.74, 6) is -1.30. The average Bonchev–Trinajstić information content (AvgIpc) is 2.19. The summed E-state index contributed by atoms with van der Waals surface area (Å²) in [6.45, 7) is 2.96. The van der Waals surface area contributed by atoms with E-state index in [1.165, 1.54) is 26.0 Å². The van der Waals surface area contributed by atoms with Gasteiger partial charge in [-0.15, -0.1) is 0 Å². The van der Waals surface area contributed by atoms with Gasteiger partial charge in [-0.25, -0.2) is 4.39 Å². The standard InChI is InChI=1S/C11H14FNO3/c1-11(2,10(14)15)6-16-9-5-7(12)3-4-8(9)13/h3-5H,6,13H2,1-2H3,(H,14,15). The Balaban J connectivity index is 2.75. The first kappa shape index (κ1) is 12.3. The summed E-state index contributed by atoms with van der Waals surface area (Å²) in [5.41, 5.74) is 4.79. The highest BCUT2D eigenvalue weighted by atomic mass is 19.1. The van der Waals surface area contributed by atoms with Crippen molar-refractivity contribution in [2.24, 2.45) is 5.41 Å². The first-order valence-corrected chi connectivity index (χ1v) is 4.74. The van der Waals surface area contributed by atoms with Gasteiger partial charge in [0.25, 0.3) is 0 Å². The molecule has 0 aliphatic carbocycles. The van der Waals surface area contributed by atoms with Crippen LogP contribution in [0.3, 0.4) is 0 Å². The minimum Gasteiger partial charge on any atom is -0.490 e. The van der Waals surface area contributed by atoms with Crippen molar-refractivity contribution < 1.29 is 19.0 Å². The highest BCUT2D eigenvalue weighted by Crippen LogP contribution is 2.25. The van der Waals surface area contributed by atoms with Gasteiger partial charge in [0.15, 0.2) is 0 Å². The number of nitrogen functional groups attached to an aromatic ring is 1. The molecular formula is C11H14FNO3. The summed E-state index contributed by atoms with van der Waals surface area (Å²) in [4.78, 5) is 10.8. The highest BCUT2D eigenvalue weighted by molar-refractivity contribution is 5.73. The molecule has 0 spiro atoms. The molecule has 16 heavy (non-hydrogen) atoms. The molecule has 0 unspecified atom stereocenters. The minimum atomic E-state index is -1.04. The maximum atomic E-state index is 12.9. The smallest absolute Gasteiger partial charge is 0.312 e. The summed E-state index contributed by atoms with van der Waals surface area (Å²) in [6.07, 6.45) is 0. The van der Waals surface area contributed by atoms with Crippen LogP contribution in [-0.4, -0.2) is 17.7 Å². The number of carboxylic acid groups (broad SMARTS) is 1. The van der Waals surface area contributed by atoms with Gasteiger partial charge in [0, 0.05) is 6.07 Å². The van der Waals surface area contributed by atoms with Crippen LogP contribution in [0, 0.1) is 11.2 Å². The lowest BCUT2D eigenvalue weighted by Crippen LogP contribution is -2.30. The van der Waals surface area contributed by atoms with E-state index in [4.69, 9.17) is 15.6 Å². The van der Waals surface area contributed by atoms with E-state index in [9.17, 15) is 9.18 Å². The summed E-state index contributed by atoms with van der Waals surface area (Å²) in [5, 5.41) is 8.86. The molecule has 0 atom stereocenters. The van der Waals surface area contributed by atoms with Crippen LogP contribution in [0.2, 0.25) is 0 Å². The predicted molar refractivity (Wildman–Crippen MR) is 57.7 cm³/mol. The monoisotopic (exact) mass is 227 g/mol. The number of hydrogen-bond acceptors (Lipinski definition) is 3. The van der Waals surface area contributed by atoms with Crippen LogP contribution in [0.25, 0.3) is 0 Å². The normalized spacial score (nSPS) is 11.2. The van der Waals surface area contributed by atoms with Gasteiger partial charge in [-0.1, -0.05) is 0 Å². The van der Waals surface area contributed by atoms with E-state index in [1.54, 1.807) is 0 Å². The Morgan fingerprint density at radius 2 is 2.19 bits per heavy atom. The van der Waals surface area contributed by atoms with Crippen LogP contribution in [-0.2, 0) is 4.79 Å². The van der Waals surface area contributed by atoms with E-state index < -0.39 is 17.2 Å². The summed E-state index contributed by atoms with van der Waals surface area (Å²) in [6, 6.07) is 3.72. The molecular weight excluding hydrogens is 213 g/mol. The maximum Gasteiger partial charge on any atom is 0.312 e. The average molecular weight is 227 g/mol. The zero-order valence-corrected chi connectivity index (χ0v) is 9.16. The van der Waals surface area contributed by atoms with E-state index in [0.717, 1.165) is 6.07 Å². The number of carbonyl (C=O) groups is 1. The quantitative estimate of drug-likeness (QED) is 0.770. The van der Waals surface area contributed by atoms with Crippen LogP contribution < -0.4 is 10.5 Å². The number of halogens is 1. The number of anilines is 1. The van der Waals surface area contributed by atoms with E-state index in [0.29, 0.717) is 0 Å². The molecule has 0 radical (unpaired) electrons. The lowest BCUT2D eigenvalue weighted by atomic mass is 9.95. The van der Waals surface area contributed by atoms with Crippen LogP contribution in [0.4, 0.5) is 10.1 Å². The molecule has 1 rings (SSSR count). The third kappa shape index (κ3) is 2.85. The minimum absolute atomic E-state index is 0.0734. The molecule has 0 heterocycles. The molecule has 4 nitrogen and oxygen atoms in total. The molecule has 88 valence electrons. The number of carboxylic acids is 1. The predicted octanol–water partition coefficient (Wildman–Crippen LogP) is 1.90. The largest absolute Gasteiger partial charge is 0.490 e. The fraction of sp³-hybridized carbons (Fsp3) is 0.364. The maximum absolute atomic E-state index is 12.9. The Labute approximate surface area is 92.8 Å². The van der Waals surface area contributed by atoms with Crippen LogP contribution >= 0.6 is 0 Å². The molecule has 3 N–H and O–H groups in total. The van der Waals surface area contributed by atoms with Gasteiger partial charge in [-0.05, 0) is 26.0 Å². The van der Waals surface area contributed by atoms with Gasteiger partial charge >= 0.3 is 5.97 Å². The molecule has 0 aliphatic rings. The van der Waals surface area contributed by atoms with Crippen LogP contribution in [0.5, 0.6) is 5.75 Å². The first-order valence-electron chi connectivity index (χ1n) is 4.74. The van der Waals surface area contributed by atoms with E-state index in [-0.39, 0.29) is 18.0 Å². The van der Waals surface area contributed by atoms with Gasteiger partial charge < -0.3 is 15.6 Å². The number of aliphatic carboxylic acids is 1. The van der Waals surface area contributed by atoms with Gasteiger partial charge in [-0.2, -0.15) is 0 Å². The number of hydrogen-bond donors (Lipinski definition) is 2. The van der Waals surface area contributed by atoms with Crippen molar-refractivity contribution >= 4 is 11.7 Å². The van der Waals surface area contributed by atoms with E-state index in [2.05, 4.69) is 0 Å². The van der Waals surface area contributed by atoms with Crippen molar-refractivity contribution in [1.29, 1.82) is 0 Å². The molecule has 0 amide bonds. The zero-order valence-electron chi connectivity index (χ0n) is 9.16. The number of benzene rings is 1. The van der Waals surface area contributed by atoms with Crippen LogP contribution in [0.15, 0.2) is 18.2 Å². The molecule has 5 heteroatoms. The van der Waals surface area contributed by atoms with Gasteiger partial charge in [-0.3, -0.25) is 4.79 Å². The van der Waals surface area contributed by atoms with Crippen molar-refractivity contribution in [1.82, 2.24) is 0 Å². The van der Waals surface area contributed by atoms with Crippen molar-refractivity contribution in [3.05, 3.63) is 24.0 Å². The SMILES string of the molecule is CC(C)(COc1cc(F)ccc1N)C(=O)O. The Morgan fingerprint density at radius 1 is 1.56 bits per heavy atom. The number of rotatable bonds is 4. The Bertz CT molecular complexity index is 404. The molecule has 1 aromatic carbocycles. The molecule has 0 aromatic heterocycles. The third-order valence-corrected chi connectivity index (χ3v) is 2.14. The van der Waals surface area contributed by atoms with E-state index in [1.807, 2.05) is 0 Å². The molecule has 0 bridgehead atoms. The second kappa shape index (κ2) is 4.38. The molecule has 0 saturated carbocycles. The first-order chi connectivity index (χ1) is 7.33. The highest BCUT2D eigenvalue weighted by Gasteiger charge is 2.28. The van der Waals surface area contributed by atoms with Crippen molar-refractivity contribution in [3.8, 4) is 5.75 Å². The number of ether oxygens (including phenoxy) is 1. The van der Waals surface area contributed by atoms with Crippen molar-refractivity contribution in [2.75, 3.05) is 12.3 Å². The Morgan fingerprint density at radius 3 is 2.75 bits per heavy atom. The topological polar surface area (TPSA) is 72.5 Å². The second-order valence-electron chi connectivity index (χ2n) is 4.16. The fourth-order valence-corrected chi connectivity index (χ4v) is 0.953. The van der Waals surface area contributed by atoms with Gasteiger partial charge in [0.05, 0.1) is 11.1 Å². The molecule has 0 saturated heterocycles. The molecule has 0 aliphatic heterocycles. The lowest BCUT2D eigenvalue weighted by Gasteiger charge is -2.20. The lowest BCUT2D eigenvalue weighted by molar-refractivity contribution is -0.148. The summed E-state index contributed by atoms with van der Waals surface area (Å²) >= 11 is 0. The van der Waals surface area contributed by atoms with Gasteiger partial charge in [0.1, 0.15) is 18.2 Å². The Hall–Kier alpha value is -1.78. The summed E-state index contributed by atoms with van der Waals surface area (Å²) in [7, 11) is 0. The third-order valence-electron chi connectivity index (χ3n) is 2.14. The molecule has 0 fully saturated rings. The Kier molecular flexibility index (Phi) is 3.37. The van der Waals surface area contributed by atoms with Crippen LogP contribution in [0.1, 0.15) is 13.8 Å². The second-order valence-corrected chi connectivity index (χ2v) is 4.16. The van der Waals surface area contributed by atoms with Crippen molar-refractivity contribution in [3.63, 3.8) is 0 Å².